The van der Waals surface area contributed by atoms with Crippen molar-refractivity contribution in [3.63, 3.8) is 0 Å². The van der Waals surface area contributed by atoms with E-state index >= 15 is 0 Å². The van der Waals surface area contributed by atoms with Crippen molar-refractivity contribution >= 4 is 17.9 Å². The van der Waals surface area contributed by atoms with Crippen LogP contribution in [-0.2, 0) is 16.1 Å². The standard InChI is InChI=1S/C36H46N2O6/c1-2-8-24(19-26-11-6-7-12-31(26)41)13-14-32(42)33-27(22-39)20-29-34(30(33)23-40)36(44)38(35(29)43)28-15-17-37(18-16-28)21-25-9-4-3-5-10-25/h3-7,9-12,19,28-30,32,34,39-42H,2,8,13-18,20-23H2,1H3/b24-19+/t29-,30+,32-,34-/m1/s1. The number of carbonyl (C=O) groups is 2. The Kier molecular flexibility index (Phi) is 10.7. The molecule has 8 nitrogen and oxygen atoms in total. The number of aliphatic hydroxyl groups excluding tert-OH is 3. The summed E-state index contributed by atoms with van der Waals surface area (Å²) in [6, 6.07) is 17.2. The van der Waals surface area contributed by atoms with Crippen molar-refractivity contribution in [1.82, 2.24) is 9.80 Å². The predicted molar refractivity (Wildman–Crippen MR) is 169 cm³/mol. The topological polar surface area (TPSA) is 122 Å². The molecule has 0 spiro atoms. The summed E-state index contributed by atoms with van der Waals surface area (Å²) in [4.78, 5) is 31.4. The van der Waals surface area contributed by atoms with Gasteiger partial charge in [0.05, 0.1) is 31.2 Å². The third kappa shape index (κ3) is 6.84. The third-order valence-electron chi connectivity index (χ3n) is 9.74. The first-order valence-corrected chi connectivity index (χ1v) is 16.1. The third-order valence-corrected chi connectivity index (χ3v) is 9.74. The van der Waals surface area contributed by atoms with E-state index in [4.69, 9.17) is 0 Å². The Balaban J connectivity index is 1.28. The Bertz CT molecular complexity index is 1360. The predicted octanol–water partition coefficient (Wildman–Crippen LogP) is 4.28. The van der Waals surface area contributed by atoms with Gasteiger partial charge in [-0.1, -0.05) is 73.5 Å². The van der Waals surface area contributed by atoms with Crippen LogP contribution >= 0.6 is 0 Å². The van der Waals surface area contributed by atoms with Crippen molar-refractivity contribution in [1.29, 1.82) is 0 Å². The molecule has 4 atom stereocenters. The molecule has 1 aliphatic carbocycles. The highest BCUT2D eigenvalue weighted by molar-refractivity contribution is 6.06. The number of carbonyl (C=O) groups excluding carboxylic acids is 2. The molecule has 44 heavy (non-hydrogen) atoms. The maximum atomic E-state index is 13.9. The van der Waals surface area contributed by atoms with Gasteiger partial charge in [-0.2, -0.15) is 0 Å². The van der Waals surface area contributed by atoms with Gasteiger partial charge in [0.15, 0.2) is 0 Å². The van der Waals surface area contributed by atoms with E-state index < -0.39 is 23.9 Å². The zero-order chi connectivity index (χ0) is 31.2. The van der Waals surface area contributed by atoms with Gasteiger partial charge < -0.3 is 20.4 Å². The molecule has 2 fully saturated rings. The second kappa shape index (κ2) is 14.7. The summed E-state index contributed by atoms with van der Waals surface area (Å²) >= 11 is 0. The first-order chi connectivity index (χ1) is 21.4. The van der Waals surface area contributed by atoms with Gasteiger partial charge in [0.1, 0.15) is 5.75 Å². The number of nitrogens with zero attached hydrogens (tertiary/aromatic N) is 2. The average molecular weight is 603 g/mol. The summed E-state index contributed by atoms with van der Waals surface area (Å²) in [7, 11) is 0. The van der Waals surface area contributed by atoms with Crippen LogP contribution in [0.2, 0.25) is 0 Å². The molecule has 0 unspecified atom stereocenters. The normalized spacial score (nSPS) is 24.2. The number of amides is 2. The van der Waals surface area contributed by atoms with Gasteiger partial charge in [0.25, 0.3) is 0 Å². The number of hydrogen-bond donors (Lipinski definition) is 4. The number of fused-ring (bicyclic) bond motifs is 1. The zero-order valence-corrected chi connectivity index (χ0v) is 25.6. The van der Waals surface area contributed by atoms with Gasteiger partial charge in [-0.3, -0.25) is 19.4 Å². The van der Waals surface area contributed by atoms with E-state index in [1.807, 2.05) is 36.4 Å². The lowest BCUT2D eigenvalue weighted by atomic mass is 9.68. The van der Waals surface area contributed by atoms with Crippen LogP contribution in [0.1, 0.15) is 63.0 Å². The number of rotatable bonds is 12. The molecule has 0 radical (unpaired) electrons. The summed E-state index contributed by atoms with van der Waals surface area (Å²) in [5.41, 5.74) is 4.09. The summed E-state index contributed by atoms with van der Waals surface area (Å²) in [6.07, 6.45) is 5.20. The van der Waals surface area contributed by atoms with E-state index in [2.05, 4.69) is 24.0 Å². The molecule has 2 saturated heterocycles. The number of phenolic OH excluding ortho intramolecular Hbond substituents is 1. The number of phenols is 1. The summed E-state index contributed by atoms with van der Waals surface area (Å²) in [5, 5.41) is 42.6. The van der Waals surface area contributed by atoms with Crippen LogP contribution in [-0.4, -0.2) is 80.5 Å². The number of aliphatic hydroxyl groups is 3. The number of imide groups is 1. The maximum absolute atomic E-state index is 13.9. The van der Waals surface area contributed by atoms with E-state index in [0.717, 1.165) is 43.6 Å². The lowest BCUT2D eigenvalue weighted by molar-refractivity contribution is -0.144. The van der Waals surface area contributed by atoms with Gasteiger partial charge in [-0.05, 0) is 61.3 Å². The van der Waals surface area contributed by atoms with Crippen molar-refractivity contribution in [3.05, 3.63) is 82.4 Å². The van der Waals surface area contributed by atoms with Crippen molar-refractivity contribution in [3.8, 4) is 5.75 Å². The van der Waals surface area contributed by atoms with Crippen LogP contribution in [0, 0.1) is 17.8 Å². The quantitative estimate of drug-likeness (QED) is 0.211. The summed E-state index contributed by atoms with van der Waals surface area (Å²) in [5.74, 6) is -2.36. The van der Waals surface area contributed by atoms with E-state index in [1.54, 1.807) is 12.1 Å². The molecule has 0 saturated carbocycles. The fourth-order valence-electron chi connectivity index (χ4n) is 7.56. The Morgan fingerprint density at radius 3 is 2.34 bits per heavy atom. The van der Waals surface area contributed by atoms with Crippen LogP contribution in [0.5, 0.6) is 5.75 Å². The van der Waals surface area contributed by atoms with E-state index in [9.17, 15) is 30.0 Å². The minimum atomic E-state index is -0.974. The second-order valence-electron chi connectivity index (χ2n) is 12.5. The van der Waals surface area contributed by atoms with Crippen molar-refractivity contribution in [2.75, 3.05) is 26.3 Å². The number of allylic oxidation sites excluding steroid dienone is 1. The Morgan fingerprint density at radius 1 is 0.977 bits per heavy atom. The Hall–Kier alpha value is -3.30. The molecule has 5 rings (SSSR count). The van der Waals surface area contributed by atoms with Crippen LogP contribution in [0.4, 0.5) is 0 Å². The fraction of sp³-hybridized carbons (Fsp3) is 0.500. The number of benzene rings is 2. The highest BCUT2D eigenvalue weighted by atomic mass is 16.3. The fourth-order valence-corrected chi connectivity index (χ4v) is 7.56. The maximum Gasteiger partial charge on any atom is 0.234 e. The van der Waals surface area contributed by atoms with E-state index in [0.29, 0.717) is 36.8 Å². The van der Waals surface area contributed by atoms with Gasteiger partial charge in [0.2, 0.25) is 11.8 Å². The van der Waals surface area contributed by atoms with Gasteiger partial charge in [-0.25, -0.2) is 0 Å². The molecule has 3 aliphatic rings. The minimum Gasteiger partial charge on any atom is -0.507 e. The molecule has 2 aliphatic heterocycles. The van der Waals surface area contributed by atoms with E-state index in [-0.39, 0.29) is 43.2 Å². The monoisotopic (exact) mass is 602 g/mol. The van der Waals surface area contributed by atoms with Gasteiger partial charge in [0, 0.05) is 37.2 Å². The molecular formula is C36H46N2O6. The molecule has 236 valence electrons. The zero-order valence-electron chi connectivity index (χ0n) is 25.6. The lowest BCUT2D eigenvalue weighted by Crippen LogP contribution is -2.47. The minimum absolute atomic E-state index is 0.186. The van der Waals surface area contributed by atoms with Crippen LogP contribution in [0.3, 0.4) is 0 Å². The highest BCUT2D eigenvalue weighted by Crippen LogP contribution is 2.47. The molecule has 2 heterocycles. The molecular weight excluding hydrogens is 556 g/mol. The van der Waals surface area contributed by atoms with Crippen molar-refractivity contribution < 1.29 is 30.0 Å². The Labute approximate surface area is 260 Å². The summed E-state index contributed by atoms with van der Waals surface area (Å²) < 4.78 is 0. The number of piperidine rings is 1. The lowest BCUT2D eigenvalue weighted by Gasteiger charge is -2.36. The molecule has 0 aromatic heterocycles. The molecule has 0 bridgehead atoms. The smallest absolute Gasteiger partial charge is 0.234 e. The molecule has 2 aromatic carbocycles. The number of aromatic hydroxyl groups is 1. The summed E-state index contributed by atoms with van der Waals surface area (Å²) in [6.45, 7) is 3.77. The first-order valence-electron chi connectivity index (χ1n) is 16.1. The highest BCUT2D eigenvalue weighted by Gasteiger charge is 2.56. The molecule has 8 heteroatoms. The number of likely N-dealkylation sites (tertiary alicyclic amines) is 2. The molecule has 2 amide bonds. The van der Waals surface area contributed by atoms with Crippen LogP contribution < -0.4 is 0 Å². The first kappa shape index (κ1) is 32.1. The SMILES string of the molecule is CCC/C(=C\c1ccccc1O)CC[C@@H](O)C1=C(CO)C[C@H]2C(=O)N(C3CCN(Cc4ccccc4)CC3)C(=O)[C@H]2[C@H]1CO. The Morgan fingerprint density at radius 2 is 1.68 bits per heavy atom. The average Bonchev–Trinajstić information content (AvgIpc) is 3.29. The van der Waals surface area contributed by atoms with E-state index in [1.165, 1.54) is 10.5 Å². The van der Waals surface area contributed by atoms with Crippen LogP contribution in [0.25, 0.3) is 6.08 Å². The second-order valence-corrected chi connectivity index (χ2v) is 12.5. The number of para-hydroxylation sites is 1. The largest absolute Gasteiger partial charge is 0.507 e. The number of hydrogen-bond acceptors (Lipinski definition) is 7. The molecule has 4 N–H and O–H groups in total. The molecule has 2 aromatic rings. The van der Waals surface area contributed by atoms with Crippen molar-refractivity contribution in [2.24, 2.45) is 17.8 Å². The van der Waals surface area contributed by atoms with Crippen molar-refractivity contribution in [2.45, 2.75) is 70.6 Å². The van der Waals surface area contributed by atoms with Gasteiger partial charge in [-0.15, -0.1) is 0 Å². The van der Waals surface area contributed by atoms with Gasteiger partial charge >= 0.3 is 0 Å². The van der Waals surface area contributed by atoms with Crippen LogP contribution in [0.15, 0.2) is 71.3 Å².